The first kappa shape index (κ1) is 28.9. The highest BCUT2D eigenvalue weighted by Gasteiger charge is 2.36. The Balaban J connectivity index is 1.53. The van der Waals surface area contributed by atoms with E-state index in [4.69, 9.17) is 13.9 Å². The van der Waals surface area contributed by atoms with E-state index >= 15 is 0 Å². The van der Waals surface area contributed by atoms with Crippen molar-refractivity contribution in [3.8, 4) is 17.1 Å². The highest BCUT2D eigenvalue weighted by atomic mass is 32.1. The summed E-state index contributed by atoms with van der Waals surface area (Å²) in [5.74, 6) is -0.0523. The molecule has 2 aromatic heterocycles. The molecule has 0 amide bonds. The van der Waals surface area contributed by atoms with Crippen molar-refractivity contribution in [1.82, 2.24) is 4.57 Å². The number of allylic oxidation sites excluding steroid dienone is 1. The molecule has 0 unspecified atom stereocenters. The van der Waals surface area contributed by atoms with Crippen LogP contribution < -0.4 is 19.6 Å². The topological polar surface area (TPSA) is 120 Å². The molecule has 0 radical (unpaired) electrons. The maximum Gasteiger partial charge on any atom is 0.338 e. The monoisotopic (exact) mass is 608 g/mol. The zero-order valence-electron chi connectivity index (χ0n) is 24.4. The maximum atomic E-state index is 14.2. The predicted molar refractivity (Wildman–Crippen MR) is 167 cm³/mol. The first-order chi connectivity index (χ1) is 21.2. The molecule has 6 rings (SSSR count). The number of aryl methyl sites for hydroxylation is 1. The Labute approximate surface area is 255 Å². The van der Waals surface area contributed by atoms with Gasteiger partial charge in [0.1, 0.15) is 23.3 Å². The molecule has 1 atom stereocenters. The van der Waals surface area contributed by atoms with Gasteiger partial charge in [-0.1, -0.05) is 47.7 Å². The third kappa shape index (κ3) is 4.92. The largest absolute Gasteiger partial charge is 0.496 e. The van der Waals surface area contributed by atoms with Gasteiger partial charge in [-0.2, -0.15) is 0 Å². The molecule has 1 aliphatic heterocycles. The lowest BCUT2D eigenvalue weighted by molar-refractivity contribution is -0.139. The normalized spacial score (nSPS) is 14.8. The molecule has 0 fully saturated rings. The number of aromatic carboxylic acids is 1. The lowest BCUT2D eigenvalue weighted by Crippen LogP contribution is -2.40. The van der Waals surface area contributed by atoms with Crippen LogP contribution in [0.1, 0.15) is 47.1 Å². The Morgan fingerprint density at radius 2 is 1.89 bits per heavy atom. The molecule has 0 saturated carbocycles. The van der Waals surface area contributed by atoms with E-state index in [-0.39, 0.29) is 23.3 Å². The number of carbonyl (C=O) groups excluding carboxylic acids is 1. The summed E-state index contributed by atoms with van der Waals surface area (Å²) in [6.07, 6.45) is 1.65. The molecule has 5 aromatic rings. The Morgan fingerprint density at radius 1 is 1.09 bits per heavy atom. The number of benzene rings is 3. The zero-order chi connectivity index (χ0) is 31.1. The average Bonchev–Trinajstić information content (AvgIpc) is 3.59. The summed E-state index contributed by atoms with van der Waals surface area (Å²) in [5, 5.41) is 11.1. The van der Waals surface area contributed by atoms with Crippen LogP contribution in [0.3, 0.4) is 0 Å². The van der Waals surface area contributed by atoms with Crippen LogP contribution in [0, 0.1) is 6.92 Å². The van der Waals surface area contributed by atoms with Crippen LogP contribution in [0.25, 0.3) is 28.2 Å². The second-order valence-corrected chi connectivity index (χ2v) is 11.3. The minimum Gasteiger partial charge on any atom is -0.496 e. The molecule has 44 heavy (non-hydrogen) atoms. The van der Waals surface area contributed by atoms with Gasteiger partial charge < -0.3 is 19.0 Å². The maximum absolute atomic E-state index is 14.2. The predicted octanol–water partition coefficient (Wildman–Crippen LogP) is 5.23. The van der Waals surface area contributed by atoms with Gasteiger partial charge in [-0.05, 0) is 67.4 Å². The number of nitrogens with zero attached hydrogens (tertiary/aromatic N) is 2. The number of hydrogen-bond donors (Lipinski definition) is 1. The van der Waals surface area contributed by atoms with E-state index in [2.05, 4.69) is 4.99 Å². The van der Waals surface area contributed by atoms with Gasteiger partial charge >= 0.3 is 11.9 Å². The smallest absolute Gasteiger partial charge is 0.338 e. The lowest BCUT2D eigenvalue weighted by atomic mass is 9.90. The number of furan rings is 1. The Hall–Kier alpha value is -5.22. The van der Waals surface area contributed by atoms with Crippen LogP contribution in [0.4, 0.5) is 0 Å². The van der Waals surface area contributed by atoms with E-state index in [0.29, 0.717) is 37.9 Å². The molecule has 0 bridgehead atoms. The fourth-order valence-corrected chi connectivity index (χ4v) is 6.60. The van der Waals surface area contributed by atoms with Gasteiger partial charge in [-0.3, -0.25) is 9.36 Å². The van der Waals surface area contributed by atoms with Gasteiger partial charge in [0.2, 0.25) is 0 Å². The highest BCUT2D eigenvalue weighted by molar-refractivity contribution is 7.07. The lowest BCUT2D eigenvalue weighted by Gasteiger charge is -2.27. The highest BCUT2D eigenvalue weighted by Crippen LogP contribution is 2.40. The minimum absolute atomic E-state index is 0.165. The first-order valence-electron chi connectivity index (χ1n) is 13.9. The van der Waals surface area contributed by atoms with Crippen molar-refractivity contribution in [2.75, 3.05) is 13.7 Å². The second kappa shape index (κ2) is 11.5. The number of aromatic nitrogens is 1. The number of fused-ring (bicyclic) bond motifs is 2. The molecule has 1 N–H and O–H groups in total. The first-order valence-corrected chi connectivity index (χ1v) is 14.7. The van der Waals surface area contributed by atoms with E-state index in [1.165, 1.54) is 22.0 Å². The van der Waals surface area contributed by atoms with Gasteiger partial charge in [0.15, 0.2) is 4.80 Å². The van der Waals surface area contributed by atoms with Crippen LogP contribution in [0.5, 0.6) is 5.75 Å². The molecule has 3 aromatic carbocycles. The number of carboxylic acids is 1. The summed E-state index contributed by atoms with van der Waals surface area (Å²) >= 11 is 1.19. The molecule has 9 nitrogen and oxygen atoms in total. The SMILES string of the molecule is CCOC(=O)C1=C(C)N=c2s/c(=C\c3ccc(-c4ccc(C(=O)O)cc4C)o3)c(=O)n2[C@@H]1c1c(OC)ccc2ccccc12. The van der Waals surface area contributed by atoms with Gasteiger partial charge in [-0.15, -0.1) is 0 Å². The number of esters is 1. The zero-order valence-corrected chi connectivity index (χ0v) is 25.2. The number of hydrogen-bond acceptors (Lipinski definition) is 8. The number of ether oxygens (including phenoxy) is 2. The van der Waals surface area contributed by atoms with E-state index in [9.17, 15) is 19.5 Å². The van der Waals surface area contributed by atoms with Crippen molar-refractivity contribution in [2.24, 2.45) is 4.99 Å². The minimum atomic E-state index is -1.00. The molecule has 3 heterocycles. The summed E-state index contributed by atoms with van der Waals surface area (Å²) in [5.41, 5.74) is 2.72. The second-order valence-electron chi connectivity index (χ2n) is 10.2. The molecule has 1 aliphatic rings. The Morgan fingerprint density at radius 3 is 2.61 bits per heavy atom. The van der Waals surface area contributed by atoms with Crippen molar-refractivity contribution >= 4 is 40.1 Å². The van der Waals surface area contributed by atoms with E-state index in [1.54, 1.807) is 51.3 Å². The fourth-order valence-electron chi connectivity index (χ4n) is 5.58. The van der Waals surface area contributed by atoms with Gasteiger partial charge in [0.25, 0.3) is 5.56 Å². The van der Waals surface area contributed by atoms with Crippen molar-refractivity contribution < 1.29 is 28.6 Å². The van der Waals surface area contributed by atoms with Crippen LogP contribution in [-0.4, -0.2) is 35.3 Å². The van der Waals surface area contributed by atoms with Crippen molar-refractivity contribution in [3.05, 3.63) is 120 Å². The van der Waals surface area contributed by atoms with Gasteiger partial charge in [0, 0.05) is 17.2 Å². The number of carboxylic acid groups (broad SMARTS) is 1. The van der Waals surface area contributed by atoms with Crippen LogP contribution in [0.15, 0.2) is 92.2 Å². The fraction of sp³-hybridized carbons (Fsp3) is 0.176. The van der Waals surface area contributed by atoms with E-state index in [1.807, 2.05) is 43.3 Å². The summed E-state index contributed by atoms with van der Waals surface area (Å²) < 4.78 is 19.2. The number of thiazole rings is 1. The summed E-state index contributed by atoms with van der Waals surface area (Å²) in [6.45, 7) is 5.45. The average molecular weight is 609 g/mol. The molecular formula is C34H28N2O7S. The number of methoxy groups -OCH3 is 1. The van der Waals surface area contributed by atoms with Crippen LogP contribution in [0.2, 0.25) is 0 Å². The van der Waals surface area contributed by atoms with Gasteiger partial charge in [0.05, 0.1) is 35.1 Å². The third-order valence-corrected chi connectivity index (χ3v) is 8.56. The van der Waals surface area contributed by atoms with Gasteiger partial charge in [-0.25, -0.2) is 14.6 Å². The van der Waals surface area contributed by atoms with Crippen molar-refractivity contribution in [1.29, 1.82) is 0 Å². The summed E-state index contributed by atoms with van der Waals surface area (Å²) in [7, 11) is 1.56. The molecular weight excluding hydrogens is 580 g/mol. The standard InChI is InChI=1S/C34H28N2O7S/c1-5-42-33(40)28-19(3)35-34-36(30(28)29-24-9-7-6-8-20(24)11-14-26(29)41-4)31(37)27(44-34)17-22-12-15-25(43-22)23-13-10-21(32(38)39)16-18(23)2/h6-17,30H,5H2,1-4H3,(H,38,39)/b27-17-/t30-/m0/s1. The number of rotatable bonds is 7. The quantitative estimate of drug-likeness (QED) is 0.251. The van der Waals surface area contributed by atoms with E-state index in [0.717, 1.165) is 21.9 Å². The Kier molecular flexibility index (Phi) is 7.52. The summed E-state index contributed by atoms with van der Waals surface area (Å²) in [4.78, 5) is 44.0. The van der Waals surface area contributed by atoms with Crippen LogP contribution >= 0.6 is 11.3 Å². The molecule has 222 valence electrons. The Bertz CT molecular complexity index is 2180. The van der Waals surface area contributed by atoms with Crippen molar-refractivity contribution in [2.45, 2.75) is 26.8 Å². The molecule has 0 saturated heterocycles. The van der Waals surface area contributed by atoms with Crippen LogP contribution in [-0.2, 0) is 9.53 Å². The molecule has 10 heteroatoms. The third-order valence-electron chi connectivity index (χ3n) is 7.58. The summed E-state index contributed by atoms with van der Waals surface area (Å²) in [6, 6.07) is 19.0. The molecule has 0 spiro atoms. The number of carbonyl (C=O) groups is 2. The molecule has 0 aliphatic carbocycles. The van der Waals surface area contributed by atoms with E-state index < -0.39 is 18.0 Å². The van der Waals surface area contributed by atoms with Crippen molar-refractivity contribution in [3.63, 3.8) is 0 Å².